The van der Waals surface area contributed by atoms with Gasteiger partial charge in [0.1, 0.15) is 0 Å². The van der Waals surface area contributed by atoms with Gasteiger partial charge in [-0.2, -0.15) is 0 Å². The standard InChI is InChI=1S/C18H19N3OS/c1-23-17-6-2-4-13-7-10-20(12-14(13)17)18(22)21-11-8-15-16(21)5-3-9-19-15/h2-6,9H,7-8,10-12H2,1H3. The summed E-state index contributed by atoms with van der Waals surface area (Å²) >= 11 is 1.76. The number of hydrogen-bond acceptors (Lipinski definition) is 3. The molecule has 0 bridgehead atoms. The van der Waals surface area contributed by atoms with Crippen molar-refractivity contribution in [2.75, 3.05) is 24.2 Å². The SMILES string of the molecule is CSc1cccc2c1CN(C(=O)N1CCc3ncccc31)CC2. The molecule has 1 aromatic carbocycles. The van der Waals surface area contributed by atoms with Crippen LogP contribution in [0.2, 0.25) is 0 Å². The van der Waals surface area contributed by atoms with E-state index >= 15 is 0 Å². The van der Waals surface area contributed by atoms with Gasteiger partial charge >= 0.3 is 6.03 Å². The number of rotatable bonds is 1. The molecule has 118 valence electrons. The first kappa shape index (κ1) is 14.6. The number of nitrogens with zero attached hydrogens (tertiary/aromatic N) is 3. The third kappa shape index (κ3) is 2.49. The van der Waals surface area contributed by atoms with Crippen LogP contribution in [-0.2, 0) is 19.4 Å². The topological polar surface area (TPSA) is 36.4 Å². The van der Waals surface area contributed by atoms with Crippen molar-refractivity contribution < 1.29 is 4.79 Å². The minimum atomic E-state index is 0.110. The van der Waals surface area contributed by atoms with Crippen molar-refractivity contribution in [2.45, 2.75) is 24.3 Å². The van der Waals surface area contributed by atoms with Crippen molar-refractivity contribution in [3.63, 3.8) is 0 Å². The lowest BCUT2D eigenvalue weighted by atomic mass is 10.00. The summed E-state index contributed by atoms with van der Waals surface area (Å²) in [7, 11) is 0. The van der Waals surface area contributed by atoms with E-state index in [0.29, 0.717) is 6.54 Å². The minimum absolute atomic E-state index is 0.110. The molecule has 3 heterocycles. The average molecular weight is 325 g/mol. The lowest BCUT2D eigenvalue weighted by molar-refractivity contribution is 0.199. The predicted molar refractivity (Wildman–Crippen MR) is 93.0 cm³/mol. The summed E-state index contributed by atoms with van der Waals surface area (Å²) < 4.78 is 0. The Hall–Kier alpha value is -2.01. The highest BCUT2D eigenvalue weighted by Crippen LogP contribution is 2.31. The van der Waals surface area contributed by atoms with E-state index in [0.717, 1.165) is 37.3 Å². The van der Waals surface area contributed by atoms with Crippen LogP contribution in [0.25, 0.3) is 0 Å². The van der Waals surface area contributed by atoms with Gasteiger partial charge in [-0.15, -0.1) is 11.8 Å². The van der Waals surface area contributed by atoms with Gasteiger partial charge in [-0.3, -0.25) is 9.88 Å². The maximum atomic E-state index is 13.0. The van der Waals surface area contributed by atoms with Crippen molar-refractivity contribution >= 4 is 23.5 Å². The van der Waals surface area contributed by atoms with Crippen molar-refractivity contribution in [3.8, 4) is 0 Å². The Morgan fingerprint density at radius 2 is 2.09 bits per heavy atom. The summed E-state index contributed by atoms with van der Waals surface area (Å²) in [6.45, 7) is 2.23. The molecule has 2 aromatic rings. The lowest BCUT2D eigenvalue weighted by Crippen LogP contribution is -2.45. The molecule has 23 heavy (non-hydrogen) atoms. The molecule has 4 nitrogen and oxygen atoms in total. The van der Waals surface area contributed by atoms with Crippen molar-refractivity contribution in [3.05, 3.63) is 53.3 Å². The first-order chi connectivity index (χ1) is 11.3. The molecule has 0 saturated heterocycles. The van der Waals surface area contributed by atoms with Crippen LogP contribution in [0.3, 0.4) is 0 Å². The Morgan fingerprint density at radius 1 is 1.17 bits per heavy atom. The third-order valence-electron chi connectivity index (χ3n) is 4.68. The fourth-order valence-corrected chi connectivity index (χ4v) is 4.14. The molecule has 0 atom stereocenters. The van der Waals surface area contributed by atoms with E-state index in [-0.39, 0.29) is 6.03 Å². The minimum Gasteiger partial charge on any atom is -0.320 e. The smallest absolute Gasteiger partial charge is 0.320 e. The van der Waals surface area contributed by atoms with E-state index in [2.05, 4.69) is 29.4 Å². The molecule has 2 amide bonds. The van der Waals surface area contributed by atoms with Crippen LogP contribution in [0.1, 0.15) is 16.8 Å². The first-order valence-electron chi connectivity index (χ1n) is 7.93. The van der Waals surface area contributed by atoms with E-state index in [1.165, 1.54) is 16.0 Å². The number of urea groups is 1. The second-order valence-electron chi connectivity index (χ2n) is 5.92. The van der Waals surface area contributed by atoms with Crippen LogP contribution in [-0.4, -0.2) is 35.3 Å². The van der Waals surface area contributed by atoms with Gasteiger partial charge in [0.2, 0.25) is 0 Å². The Kier molecular flexibility index (Phi) is 3.73. The molecular formula is C18H19N3OS. The Balaban J connectivity index is 1.59. The van der Waals surface area contributed by atoms with Gasteiger partial charge in [-0.05, 0) is 42.0 Å². The summed E-state index contributed by atoms with van der Waals surface area (Å²) in [5.74, 6) is 0. The first-order valence-corrected chi connectivity index (χ1v) is 9.15. The predicted octanol–water partition coefficient (Wildman–Crippen LogP) is 3.34. The normalized spacial score (nSPS) is 16.2. The molecule has 0 radical (unpaired) electrons. The van der Waals surface area contributed by atoms with Crippen LogP contribution < -0.4 is 4.90 Å². The number of thioether (sulfide) groups is 1. The highest BCUT2D eigenvalue weighted by Gasteiger charge is 2.31. The number of fused-ring (bicyclic) bond motifs is 2. The Bertz CT molecular complexity index is 747. The van der Waals surface area contributed by atoms with Gasteiger partial charge in [0.15, 0.2) is 0 Å². The summed E-state index contributed by atoms with van der Waals surface area (Å²) in [5.41, 5.74) is 4.69. The van der Waals surface area contributed by atoms with E-state index in [1.54, 1.807) is 18.0 Å². The number of pyridine rings is 1. The fourth-order valence-electron chi connectivity index (χ4n) is 3.48. The van der Waals surface area contributed by atoms with E-state index in [4.69, 9.17) is 0 Å². The fraction of sp³-hybridized carbons (Fsp3) is 0.333. The average Bonchev–Trinajstić information content (AvgIpc) is 3.04. The van der Waals surface area contributed by atoms with Crippen molar-refractivity contribution in [1.82, 2.24) is 9.88 Å². The number of carbonyl (C=O) groups is 1. The van der Waals surface area contributed by atoms with Crippen LogP contribution >= 0.6 is 11.8 Å². The molecule has 2 aliphatic heterocycles. The monoisotopic (exact) mass is 325 g/mol. The summed E-state index contributed by atoms with van der Waals surface area (Å²) in [5, 5.41) is 0. The molecular weight excluding hydrogens is 306 g/mol. The summed E-state index contributed by atoms with van der Waals surface area (Å²) in [6, 6.07) is 10.5. The van der Waals surface area contributed by atoms with Gasteiger partial charge < -0.3 is 4.90 Å². The Labute approximate surface area is 140 Å². The molecule has 4 rings (SSSR count). The van der Waals surface area contributed by atoms with Gasteiger partial charge in [-0.1, -0.05) is 12.1 Å². The maximum Gasteiger partial charge on any atom is 0.324 e. The second kappa shape index (κ2) is 5.89. The zero-order valence-electron chi connectivity index (χ0n) is 13.2. The van der Waals surface area contributed by atoms with E-state index < -0.39 is 0 Å². The van der Waals surface area contributed by atoms with Crippen molar-refractivity contribution in [1.29, 1.82) is 0 Å². The largest absolute Gasteiger partial charge is 0.324 e. The zero-order chi connectivity index (χ0) is 15.8. The number of benzene rings is 1. The van der Waals surface area contributed by atoms with E-state index in [9.17, 15) is 4.79 Å². The molecule has 5 heteroatoms. The highest BCUT2D eigenvalue weighted by molar-refractivity contribution is 7.98. The summed E-state index contributed by atoms with van der Waals surface area (Å²) in [4.78, 5) is 22.5. The molecule has 1 aromatic heterocycles. The zero-order valence-corrected chi connectivity index (χ0v) is 14.0. The number of anilines is 1. The molecule has 0 aliphatic carbocycles. The third-order valence-corrected chi connectivity index (χ3v) is 5.50. The molecule has 0 spiro atoms. The second-order valence-corrected chi connectivity index (χ2v) is 6.77. The molecule has 0 unspecified atom stereocenters. The van der Waals surface area contributed by atoms with Gasteiger partial charge in [0.05, 0.1) is 11.4 Å². The van der Waals surface area contributed by atoms with Crippen LogP contribution in [0.15, 0.2) is 41.4 Å². The maximum absolute atomic E-state index is 13.0. The van der Waals surface area contributed by atoms with Crippen molar-refractivity contribution in [2.24, 2.45) is 0 Å². The lowest BCUT2D eigenvalue weighted by Gasteiger charge is -2.33. The molecule has 0 N–H and O–H groups in total. The molecule has 0 fully saturated rings. The number of hydrogen-bond donors (Lipinski definition) is 0. The quantitative estimate of drug-likeness (QED) is 0.755. The van der Waals surface area contributed by atoms with Crippen LogP contribution in [0, 0.1) is 0 Å². The van der Waals surface area contributed by atoms with E-state index in [1.807, 2.05) is 21.9 Å². The Morgan fingerprint density at radius 3 is 2.96 bits per heavy atom. The van der Waals surface area contributed by atoms with Gasteiger partial charge in [0.25, 0.3) is 0 Å². The number of carbonyl (C=O) groups excluding carboxylic acids is 1. The van der Waals surface area contributed by atoms with Crippen LogP contribution in [0.4, 0.5) is 10.5 Å². The summed E-state index contributed by atoms with van der Waals surface area (Å²) in [6.07, 6.45) is 5.68. The van der Waals surface area contributed by atoms with Gasteiger partial charge in [0, 0.05) is 37.1 Å². The van der Waals surface area contributed by atoms with Gasteiger partial charge in [-0.25, -0.2) is 4.79 Å². The number of aromatic nitrogens is 1. The highest BCUT2D eigenvalue weighted by atomic mass is 32.2. The molecule has 2 aliphatic rings. The number of amides is 2. The van der Waals surface area contributed by atoms with Crippen LogP contribution in [0.5, 0.6) is 0 Å². The molecule has 0 saturated carbocycles.